The highest BCUT2D eigenvalue weighted by Gasteiger charge is 2.40. The van der Waals surface area contributed by atoms with Gasteiger partial charge in [-0.25, -0.2) is 9.37 Å². The second-order valence-corrected chi connectivity index (χ2v) is 9.74. The first-order valence-corrected chi connectivity index (χ1v) is 13.0. The van der Waals surface area contributed by atoms with E-state index in [0.29, 0.717) is 17.7 Å². The minimum Gasteiger partial charge on any atom is -0.481 e. The molecule has 0 unspecified atom stereocenters. The van der Waals surface area contributed by atoms with Crippen LogP contribution in [-0.4, -0.2) is 28.5 Å². The summed E-state index contributed by atoms with van der Waals surface area (Å²) >= 11 is 0.870. The zero-order valence-corrected chi connectivity index (χ0v) is 22.1. The number of carboxylic acids is 1. The highest BCUT2D eigenvalue weighted by Crippen LogP contribution is 2.44. The van der Waals surface area contributed by atoms with Crippen molar-refractivity contribution in [2.24, 2.45) is 0 Å². The van der Waals surface area contributed by atoms with Crippen molar-refractivity contribution in [3.05, 3.63) is 100 Å². The highest BCUT2D eigenvalue weighted by atomic mass is 32.1. The number of hydrogen-bond acceptors (Lipinski definition) is 5. The summed E-state index contributed by atoms with van der Waals surface area (Å²) in [7, 11) is 0. The van der Waals surface area contributed by atoms with Crippen LogP contribution in [0.3, 0.4) is 0 Å². The molecule has 1 aromatic heterocycles. The zero-order valence-electron chi connectivity index (χ0n) is 21.3. The van der Waals surface area contributed by atoms with Crippen molar-refractivity contribution >= 4 is 34.0 Å². The van der Waals surface area contributed by atoms with E-state index in [0.717, 1.165) is 16.2 Å². The number of hydrogen-bond donors (Lipinski definition) is 2. The molecule has 1 heterocycles. The molecule has 0 aliphatic rings. The van der Waals surface area contributed by atoms with Crippen molar-refractivity contribution in [3.8, 4) is 11.3 Å². The maximum Gasteiger partial charge on any atom is 0.418 e. The fourth-order valence-electron chi connectivity index (χ4n) is 3.94. The normalized spacial score (nSPS) is 11.8. The van der Waals surface area contributed by atoms with Gasteiger partial charge in [0.15, 0.2) is 5.13 Å². The molecule has 14 heteroatoms. The summed E-state index contributed by atoms with van der Waals surface area (Å²) in [5, 5.41) is 12.5. The van der Waals surface area contributed by atoms with Crippen molar-refractivity contribution in [2.75, 3.05) is 11.4 Å². The summed E-state index contributed by atoms with van der Waals surface area (Å²) in [6.45, 7) is -0.425. The van der Waals surface area contributed by atoms with Crippen molar-refractivity contribution in [1.82, 2.24) is 10.3 Å². The lowest BCUT2D eigenvalue weighted by atomic mass is 10.1. The standard InChI is InChI=1S/C28H20F7N3O3S/c29-21-4-2-1-3-19(21)22-15-42-26(37-22)38(23-10-9-18(27(30,31)32)13-20(23)28(33,34)35)14-16-5-7-17(8-6-16)25(41)36-12-11-24(39)40/h1-10,13,15H,11-12,14H2,(H,36,41)(H,39,40). The lowest BCUT2D eigenvalue weighted by Gasteiger charge is -2.26. The molecule has 0 saturated carbocycles. The van der Waals surface area contributed by atoms with Gasteiger partial charge >= 0.3 is 18.3 Å². The molecule has 0 fully saturated rings. The first kappa shape index (κ1) is 30.5. The molecule has 1 amide bonds. The summed E-state index contributed by atoms with van der Waals surface area (Å²) in [6, 6.07) is 12.5. The highest BCUT2D eigenvalue weighted by molar-refractivity contribution is 7.14. The van der Waals surface area contributed by atoms with Gasteiger partial charge in [-0.05, 0) is 48.0 Å². The predicted octanol–water partition coefficient (Wildman–Crippen LogP) is 7.53. The molecule has 0 saturated heterocycles. The molecule has 0 aliphatic heterocycles. The van der Waals surface area contributed by atoms with Crippen LogP contribution in [-0.2, 0) is 23.7 Å². The first-order chi connectivity index (χ1) is 19.7. The Morgan fingerprint density at radius 3 is 2.24 bits per heavy atom. The molecule has 0 aliphatic carbocycles. The largest absolute Gasteiger partial charge is 0.481 e. The van der Waals surface area contributed by atoms with E-state index in [9.17, 15) is 40.3 Å². The van der Waals surface area contributed by atoms with Crippen molar-refractivity contribution < 1.29 is 45.4 Å². The molecule has 0 atom stereocenters. The molecular formula is C28H20F7N3O3S. The number of carbonyl (C=O) groups is 2. The van der Waals surface area contributed by atoms with Gasteiger partial charge in [-0.3, -0.25) is 9.59 Å². The van der Waals surface area contributed by atoms with Crippen LogP contribution in [0.25, 0.3) is 11.3 Å². The molecule has 4 aromatic rings. The lowest BCUT2D eigenvalue weighted by Crippen LogP contribution is -2.26. The zero-order chi connectivity index (χ0) is 30.7. The molecule has 6 nitrogen and oxygen atoms in total. The average molecular weight is 612 g/mol. The monoisotopic (exact) mass is 611 g/mol. The summed E-state index contributed by atoms with van der Waals surface area (Å²) in [5.74, 6) is -2.30. The molecule has 220 valence electrons. The fraction of sp³-hybridized carbons (Fsp3) is 0.179. The van der Waals surface area contributed by atoms with E-state index in [1.54, 1.807) is 6.07 Å². The number of alkyl halides is 6. The third-order valence-electron chi connectivity index (χ3n) is 5.97. The Morgan fingerprint density at radius 2 is 1.62 bits per heavy atom. The van der Waals surface area contributed by atoms with Crippen molar-refractivity contribution in [2.45, 2.75) is 25.3 Å². The van der Waals surface area contributed by atoms with Crippen LogP contribution in [0.1, 0.15) is 33.5 Å². The van der Waals surface area contributed by atoms with Gasteiger partial charge in [-0.1, -0.05) is 24.3 Å². The molecular weight excluding hydrogens is 591 g/mol. The van der Waals surface area contributed by atoms with E-state index in [4.69, 9.17) is 5.11 Å². The summed E-state index contributed by atoms with van der Waals surface area (Å²) in [5.41, 5.74) is -2.92. The van der Waals surface area contributed by atoms with Crippen LogP contribution in [0, 0.1) is 5.82 Å². The van der Waals surface area contributed by atoms with E-state index in [-0.39, 0.29) is 47.5 Å². The van der Waals surface area contributed by atoms with E-state index < -0.39 is 46.9 Å². The van der Waals surface area contributed by atoms with Crippen molar-refractivity contribution in [1.29, 1.82) is 0 Å². The quantitative estimate of drug-likeness (QED) is 0.191. The summed E-state index contributed by atoms with van der Waals surface area (Å²) in [4.78, 5) is 28.3. The smallest absolute Gasteiger partial charge is 0.418 e. The van der Waals surface area contributed by atoms with Gasteiger partial charge in [-0.15, -0.1) is 11.3 Å². The Hall–Kier alpha value is -4.46. The lowest BCUT2D eigenvalue weighted by molar-refractivity contribution is -0.143. The number of benzene rings is 3. The number of carbonyl (C=O) groups excluding carboxylic acids is 1. The Kier molecular flexibility index (Phi) is 8.85. The number of aromatic nitrogens is 1. The summed E-state index contributed by atoms with van der Waals surface area (Å²) in [6.07, 6.45) is -10.5. The minimum atomic E-state index is -5.17. The molecule has 0 spiro atoms. The van der Waals surface area contributed by atoms with Gasteiger partial charge in [-0.2, -0.15) is 26.3 Å². The van der Waals surface area contributed by atoms with Gasteiger partial charge in [0, 0.05) is 23.1 Å². The third kappa shape index (κ3) is 7.24. The topological polar surface area (TPSA) is 82.5 Å². The molecule has 42 heavy (non-hydrogen) atoms. The number of nitrogens with zero attached hydrogens (tertiary/aromatic N) is 2. The van der Waals surface area contributed by atoms with Gasteiger partial charge in [0.25, 0.3) is 5.91 Å². The maximum atomic E-state index is 14.4. The average Bonchev–Trinajstić information content (AvgIpc) is 3.40. The molecule has 3 aromatic carbocycles. The van der Waals surface area contributed by atoms with E-state index in [1.165, 1.54) is 47.8 Å². The van der Waals surface area contributed by atoms with E-state index in [2.05, 4.69) is 10.3 Å². The van der Waals surface area contributed by atoms with E-state index >= 15 is 0 Å². The number of amides is 1. The maximum absolute atomic E-state index is 14.4. The van der Waals surface area contributed by atoms with Gasteiger partial charge in [0.05, 0.1) is 35.5 Å². The second-order valence-electron chi connectivity index (χ2n) is 8.91. The molecule has 2 N–H and O–H groups in total. The van der Waals surface area contributed by atoms with Crippen LogP contribution in [0.15, 0.2) is 72.1 Å². The number of carboxylic acid groups (broad SMARTS) is 1. The van der Waals surface area contributed by atoms with Gasteiger partial charge in [0.2, 0.25) is 0 Å². The SMILES string of the molecule is O=C(O)CCNC(=O)c1ccc(CN(c2nc(-c3ccccc3F)cs2)c2ccc(C(F)(F)F)cc2C(F)(F)F)cc1. The Labute approximate surface area is 238 Å². The number of rotatable bonds is 9. The number of thiazole rings is 1. The number of nitrogens with one attached hydrogen (secondary N) is 1. The first-order valence-electron chi connectivity index (χ1n) is 12.1. The third-order valence-corrected chi connectivity index (χ3v) is 6.84. The summed E-state index contributed by atoms with van der Waals surface area (Å²) < 4.78 is 96.7. The Morgan fingerprint density at radius 1 is 0.929 bits per heavy atom. The van der Waals surface area contributed by atoms with E-state index in [1.807, 2.05) is 0 Å². The molecule has 4 rings (SSSR count). The Balaban J connectivity index is 1.74. The molecule has 0 radical (unpaired) electrons. The fourth-order valence-corrected chi connectivity index (χ4v) is 4.78. The number of halogens is 7. The second kappa shape index (κ2) is 12.2. The van der Waals surface area contributed by atoms with Crippen molar-refractivity contribution in [3.63, 3.8) is 0 Å². The van der Waals surface area contributed by atoms with Crippen LogP contribution < -0.4 is 10.2 Å². The van der Waals surface area contributed by atoms with Crippen LogP contribution in [0.5, 0.6) is 0 Å². The minimum absolute atomic E-state index is 0.0261. The van der Waals surface area contributed by atoms with Gasteiger partial charge < -0.3 is 15.3 Å². The number of anilines is 2. The predicted molar refractivity (Wildman–Crippen MR) is 141 cm³/mol. The van der Waals surface area contributed by atoms with Crippen LogP contribution in [0.4, 0.5) is 41.6 Å². The van der Waals surface area contributed by atoms with Gasteiger partial charge in [0.1, 0.15) is 5.82 Å². The Bertz CT molecular complexity index is 1580. The molecule has 0 bridgehead atoms. The number of aliphatic carboxylic acids is 1. The van der Waals surface area contributed by atoms with Crippen LogP contribution in [0.2, 0.25) is 0 Å². The van der Waals surface area contributed by atoms with Crippen LogP contribution >= 0.6 is 11.3 Å².